The van der Waals surface area contributed by atoms with E-state index in [4.69, 9.17) is 11.6 Å². The Kier molecular flexibility index (Phi) is 5.14. The van der Waals surface area contributed by atoms with Gasteiger partial charge in [0.25, 0.3) is 5.91 Å². The van der Waals surface area contributed by atoms with Crippen LogP contribution >= 0.6 is 11.6 Å². The molecule has 0 saturated heterocycles. The standard InChI is InChI=1S/C23H18ClN3O2/c1-15-6-10-17(11-7-15)25-21(28)14-27-20-5-3-2-4-19(20)22(23(27)29)26-18-12-8-16(24)9-13-18/h2-13H,14H2,1H3,(H,25,28). The van der Waals surface area contributed by atoms with Crippen LogP contribution in [0.25, 0.3) is 0 Å². The molecule has 5 nitrogen and oxygen atoms in total. The highest BCUT2D eigenvalue weighted by Crippen LogP contribution is 2.31. The molecule has 0 aliphatic carbocycles. The zero-order valence-corrected chi connectivity index (χ0v) is 16.5. The third-order valence-electron chi connectivity index (χ3n) is 4.60. The molecule has 0 unspecified atom stereocenters. The summed E-state index contributed by atoms with van der Waals surface area (Å²) in [6.07, 6.45) is 0. The van der Waals surface area contributed by atoms with Gasteiger partial charge in [-0.1, -0.05) is 47.5 Å². The summed E-state index contributed by atoms with van der Waals surface area (Å²) in [5.74, 6) is -0.579. The molecule has 2 amide bonds. The van der Waals surface area contributed by atoms with Crippen molar-refractivity contribution in [2.45, 2.75) is 6.92 Å². The number of hydrogen-bond acceptors (Lipinski definition) is 3. The summed E-state index contributed by atoms with van der Waals surface area (Å²) < 4.78 is 0. The van der Waals surface area contributed by atoms with Crippen molar-refractivity contribution in [3.63, 3.8) is 0 Å². The number of amides is 2. The Labute approximate surface area is 173 Å². The molecule has 0 fully saturated rings. The predicted octanol–water partition coefficient (Wildman–Crippen LogP) is 4.75. The van der Waals surface area contributed by atoms with E-state index in [1.54, 1.807) is 24.3 Å². The summed E-state index contributed by atoms with van der Waals surface area (Å²) in [7, 11) is 0. The smallest absolute Gasteiger partial charge is 0.278 e. The van der Waals surface area contributed by atoms with Gasteiger partial charge in [-0.3, -0.25) is 14.5 Å². The SMILES string of the molecule is Cc1ccc(NC(=O)CN2C(=O)C(=Nc3ccc(Cl)cc3)c3ccccc32)cc1. The van der Waals surface area contributed by atoms with Gasteiger partial charge in [0.15, 0.2) is 0 Å². The minimum absolute atomic E-state index is 0.0939. The van der Waals surface area contributed by atoms with Crippen molar-refractivity contribution in [3.05, 3.63) is 88.9 Å². The third kappa shape index (κ3) is 4.05. The van der Waals surface area contributed by atoms with Crippen LogP contribution in [0.3, 0.4) is 0 Å². The van der Waals surface area contributed by atoms with E-state index >= 15 is 0 Å². The van der Waals surface area contributed by atoms with Gasteiger partial charge in [0.2, 0.25) is 5.91 Å². The third-order valence-corrected chi connectivity index (χ3v) is 4.85. The summed E-state index contributed by atoms with van der Waals surface area (Å²) >= 11 is 5.93. The maximum absolute atomic E-state index is 13.1. The number of carbonyl (C=O) groups excluding carboxylic acids is 2. The Morgan fingerprint density at radius 2 is 1.69 bits per heavy atom. The highest BCUT2D eigenvalue weighted by molar-refractivity contribution is 6.55. The number of fused-ring (bicyclic) bond motifs is 1. The van der Waals surface area contributed by atoms with E-state index < -0.39 is 0 Å². The van der Waals surface area contributed by atoms with E-state index in [1.807, 2.05) is 55.5 Å². The zero-order chi connectivity index (χ0) is 20.4. The van der Waals surface area contributed by atoms with Crippen molar-refractivity contribution >= 4 is 46.2 Å². The molecule has 1 N–H and O–H groups in total. The van der Waals surface area contributed by atoms with Gasteiger partial charge in [0, 0.05) is 16.3 Å². The molecule has 1 aliphatic rings. The lowest BCUT2D eigenvalue weighted by Gasteiger charge is -2.16. The summed E-state index contributed by atoms with van der Waals surface area (Å²) in [6, 6.07) is 21.8. The molecule has 6 heteroatoms. The molecule has 3 aromatic rings. The maximum atomic E-state index is 13.1. The van der Waals surface area contributed by atoms with E-state index in [9.17, 15) is 9.59 Å². The van der Waals surface area contributed by atoms with Crippen LogP contribution in [0.4, 0.5) is 17.1 Å². The van der Waals surface area contributed by atoms with E-state index in [0.29, 0.717) is 33.4 Å². The Hall–Kier alpha value is -3.44. The number of nitrogens with one attached hydrogen (secondary N) is 1. The minimum Gasteiger partial charge on any atom is -0.325 e. The van der Waals surface area contributed by atoms with E-state index in [0.717, 1.165) is 5.56 Å². The summed E-state index contributed by atoms with van der Waals surface area (Å²) in [5.41, 5.74) is 4.11. The molecule has 0 saturated carbocycles. The second-order valence-electron chi connectivity index (χ2n) is 6.76. The number of hydrogen-bond donors (Lipinski definition) is 1. The zero-order valence-electron chi connectivity index (χ0n) is 15.7. The minimum atomic E-state index is -0.305. The van der Waals surface area contributed by atoms with Crippen molar-refractivity contribution in [1.29, 1.82) is 0 Å². The molecule has 4 rings (SSSR count). The summed E-state index contributed by atoms with van der Waals surface area (Å²) in [5, 5.41) is 3.43. The van der Waals surface area contributed by atoms with E-state index in [1.165, 1.54) is 4.90 Å². The molecule has 0 atom stereocenters. The van der Waals surface area contributed by atoms with Gasteiger partial charge in [0.1, 0.15) is 12.3 Å². The molecule has 1 aliphatic heterocycles. The lowest BCUT2D eigenvalue weighted by atomic mass is 10.1. The second kappa shape index (κ2) is 7.89. The van der Waals surface area contributed by atoms with Gasteiger partial charge in [-0.25, -0.2) is 4.99 Å². The first-order chi connectivity index (χ1) is 14.0. The molecular formula is C23H18ClN3O2. The van der Waals surface area contributed by atoms with Gasteiger partial charge in [0.05, 0.1) is 11.4 Å². The number of aliphatic imine (C=N–C) groups is 1. The number of anilines is 2. The van der Waals surface area contributed by atoms with Gasteiger partial charge in [-0.2, -0.15) is 0 Å². The van der Waals surface area contributed by atoms with Crippen LogP contribution in [0.5, 0.6) is 0 Å². The fraction of sp³-hybridized carbons (Fsp3) is 0.0870. The predicted molar refractivity (Wildman–Crippen MR) is 116 cm³/mol. The average molecular weight is 404 g/mol. The lowest BCUT2D eigenvalue weighted by molar-refractivity contribution is -0.118. The molecule has 144 valence electrons. The molecule has 1 heterocycles. The van der Waals surface area contributed by atoms with Crippen molar-refractivity contribution < 1.29 is 9.59 Å². The largest absolute Gasteiger partial charge is 0.325 e. The molecule has 29 heavy (non-hydrogen) atoms. The summed E-state index contributed by atoms with van der Waals surface area (Å²) in [4.78, 5) is 31.6. The van der Waals surface area contributed by atoms with Crippen LogP contribution in [0.15, 0.2) is 77.8 Å². The number of benzene rings is 3. The van der Waals surface area contributed by atoms with Gasteiger partial charge < -0.3 is 5.32 Å². The van der Waals surface area contributed by atoms with Crippen LogP contribution in [-0.2, 0) is 9.59 Å². The van der Waals surface area contributed by atoms with Gasteiger partial charge in [-0.15, -0.1) is 0 Å². The van der Waals surface area contributed by atoms with Crippen LogP contribution < -0.4 is 10.2 Å². The van der Waals surface area contributed by atoms with Crippen molar-refractivity contribution in [2.24, 2.45) is 4.99 Å². The fourth-order valence-corrected chi connectivity index (χ4v) is 3.28. The van der Waals surface area contributed by atoms with Crippen LogP contribution in [-0.4, -0.2) is 24.1 Å². The molecular weight excluding hydrogens is 386 g/mol. The van der Waals surface area contributed by atoms with E-state index in [-0.39, 0.29) is 18.4 Å². The molecule has 0 bridgehead atoms. The van der Waals surface area contributed by atoms with Gasteiger partial charge >= 0.3 is 0 Å². The quantitative estimate of drug-likeness (QED) is 0.683. The lowest BCUT2D eigenvalue weighted by Crippen LogP contribution is -2.37. The number of carbonyl (C=O) groups is 2. The molecule has 0 radical (unpaired) electrons. The molecule has 3 aromatic carbocycles. The summed E-state index contributed by atoms with van der Waals surface area (Å²) in [6.45, 7) is 1.89. The highest BCUT2D eigenvalue weighted by Gasteiger charge is 2.34. The fourth-order valence-electron chi connectivity index (χ4n) is 3.15. The Morgan fingerprint density at radius 3 is 2.41 bits per heavy atom. The van der Waals surface area contributed by atoms with Crippen LogP contribution in [0.2, 0.25) is 5.02 Å². The highest BCUT2D eigenvalue weighted by atomic mass is 35.5. The normalized spacial score (nSPS) is 14.2. The number of rotatable bonds is 4. The first kappa shape index (κ1) is 18.9. The van der Waals surface area contributed by atoms with Crippen molar-refractivity contribution in [1.82, 2.24) is 0 Å². The topological polar surface area (TPSA) is 61.8 Å². The molecule has 0 spiro atoms. The monoisotopic (exact) mass is 403 g/mol. The first-order valence-electron chi connectivity index (χ1n) is 9.13. The average Bonchev–Trinajstić information content (AvgIpc) is 2.97. The van der Waals surface area contributed by atoms with Gasteiger partial charge in [-0.05, 0) is 49.4 Å². The molecule has 0 aromatic heterocycles. The van der Waals surface area contributed by atoms with Crippen LogP contribution in [0.1, 0.15) is 11.1 Å². The van der Waals surface area contributed by atoms with E-state index in [2.05, 4.69) is 10.3 Å². The van der Waals surface area contributed by atoms with Crippen molar-refractivity contribution in [3.8, 4) is 0 Å². The number of aryl methyl sites for hydroxylation is 1. The number of para-hydroxylation sites is 1. The first-order valence-corrected chi connectivity index (χ1v) is 9.51. The second-order valence-corrected chi connectivity index (χ2v) is 7.20. The number of nitrogens with zero attached hydrogens (tertiary/aromatic N) is 2. The maximum Gasteiger partial charge on any atom is 0.278 e. The van der Waals surface area contributed by atoms with Crippen LogP contribution in [0, 0.1) is 6.92 Å². The van der Waals surface area contributed by atoms with Crippen molar-refractivity contribution in [2.75, 3.05) is 16.8 Å². The number of halogens is 1. The Morgan fingerprint density at radius 1 is 1.00 bits per heavy atom. The Bertz CT molecular complexity index is 1110. The Balaban J connectivity index is 1.59.